The quantitative estimate of drug-likeness (QED) is 0.0150. The molecular weight excluding hydrogens is 1650 g/mol. The van der Waals surface area contributed by atoms with Gasteiger partial charge >= 0.3 is 17.9 Å². The van der Waals surface area contributed by atoms with E-state index in [2.05, 4.69) is 41.0 Å². The summed E-state index contributed by atoms with van der Waals surface area (Å²) < 4.78 is 49.6. The zero-order valence-corrected chi connectivity index (χ0v) is 74.0. The first-order chi connectivity index (χ1) is 62.4. The molecule has 0 radical (unpaired) electrons. The summed E-state index contributed by atoms with van der Waals surface area (Å²) in [6.07, 6.45) is 0. The van der Waals surface area contributed by atoms with Crippen molar-refractivity contribution < 1.29 is 70.8 Å². The largest absolute Gasteiger partial charge is 0.478 e. The molecule has 12 aromatic rings. The third-order valence-electron chi connectivity index (χ3n) is 22.6. The minimum absolute atomic E-state index is 0.156. The van der Waals surface area contributed by atoms with Crippen molar-refractivity contribution in [3.8, 4) is 44.5 Å². The van der Waals surface area contributed by atoms with Gasteiger partial charge < -0.3 is 65.2 Å². The Morgan fingerprint density at radius 1 is 0.380 bits per heavy atom. The van der Waals surface area contributed by atoms with E-state index in [1.54, 1.807) is 74.5 Å². The maximum atomic E-state index is 13.0. The third kappa shape index (κ3) is 25.6. The average molecular weight is 1760 g/mol. The number of hydrazine groups is 1. The minimum atomic E-state index is -2.90. The lowest BCUT2D eigenvalue weighted by atomic mass is 9.98. The van der Waals surface area contributed by atoms with Crippen LogP contribution in [0.25, 0.3) is 44.5 Å². The van der Waals surface area contributed by atoms with Gasteiger partial charge in [0, 0.05) is 128 Å². The molecule has 664 valence electrons. The number of hydrogen-bond donors (Lipinski definition) is 6. The van der Waals surface area contributed by atoms with Crippen LogP contribution in [0.3, 0.4) is 0 Å². The van der Waals surface area contributed by atoms with Crippen molar-refractivity contribution in [1.82, 2.24) is 4.90 Å². The number of nitrogens with two attached hydrogens (primary N) is 1. The summed E-state index contributed by atoms with van der Waals surface area (Å²) in [4.78, 5) is 95.7. The number of benzene rings is 12. The van der Waals surface area contributed by atoms with Crippen molar-refractivity contribution in [2.45, 2.75) is 48.1 Å². The highest BCUT2D eigenvalue weighted by Crippen LogP contribution is 2.34. The number of carbonyl (C=O) groups is 6. The number of amides is 3. The van der Waals surface area contributed by atoms with Crippen molar-refractivity contribution in [2.75, 3.05) is 159 Å². The van der Waals surface area contributed by atoms with E-state index >= 15 is 0 Å². The first kappa shape index (κ1) is 92.5. The van der Waals surface area contributed by atoms with Gasteiger partial charge in [-0.25, -0.2) is 22.8 Å². The van der Waals surface area contributed by atoms with Crippen molar-refractivity contribution in [3.63, 3.8) is 0 Å². The fourth-order valence-electron chi connectivity index (χ4n) is 15.1. The number of nitrogens with one attached hydrogen (secondary N) is 4. The number of ether oxygens (including phenoxy) is 5. The van der Waals surface area contributed by atoms with Crippen molar-refractivity contribution in [3.05, 3.63) is 333 Å². The van der Waals surface area contributed by atoms with Crippen LogP contribution >= 0.6 is 0 Å². The number of esters is 2. The van der Waals surface area contributed by atoms with E-state index in [9.17, 15) is 42.1 Å². The van der Waals surface area contributed by atoms with Crippen LogP contribution in [0.1, 0.15) is 104 Å². The van der Waals surface area contributed by atoms with Crippen LogP contribution in [-0.4, -0.2) is 176 Å². The van der Waals surface area contributed by atoms with Crippen LogP contribution < -0.4 is 41.8 Å². The molecule has 4 aliphatic heterocycles. The zero-order chi connectivity index (χ0) is 90.9. The molecule has 0 spiro atoms. The Bertz CT molecular complexity index is 6010. The summed E-state index contributed by atoms with van der Waals surface area (Å²) in [5, 5.41) is 18.0. The maximum Gasteiger partial charge on any atom is 0.338 e. The Kier molecular flexibility index (Phi) is 31.8. The molecule has 0 unspecified atom stereocenters. The summed E-state index contributed by atoms with van der Waals surface area (Å²) in [6.45, 7) is 23.5. The van der Waals surface area contributed by atoms with E-state index in [1.807, 2.05) is 234 Å². The number of sulfone groups is 1. The molecule has 0 aliphatic carbocycles. The Labute approximate surface area is 752 Å². The smallest absolute Gasteiger partial charge is 0.338 e. The van der Waals surface area contributed by atoms with Crippen molar-refractivity contribution in [1.29, 1.82) is 0 Å². The predicted octanol–water partition coefficient (Wildman–Crippen LogP) is 18.2. The highest BCUT2D eigenvalue weighted by atomic mass is 32.2. The Morgan fingerprint density at radius 3 is 1.06 bits per heavy atom. The summed E-state index contributed by atoms with van der Waals surface area (Å²) in [7, 11) is -2.90. The van der Waals surface area contributed by atoms with E-state index in [4.69, 9.17) is 34.5 Å². The van der Waals surface area contributed by atoms with Crippen LogP contribution in [0, 0.1) is 32.6 Å². The molecule has 16 rings (SSSR count). The number of carboxylic acids is 1. The van der Waals surface area contributed by atoms with Crippen LogP contribution in [0.5, 0.6) is 0 Å². The number of nitrogens with zero attached hydrogens (tertiary/aromatic N) is 5. The molecule has 25 nitrogen and oxygen atoms in total. The number of carbonyl (C=O) groups excluding carboxylic acids is 5. The van der Waals surface area contributed by atoms with E-state index < -0.39 is 15.8 Å². The van der Waals surface area contributed by atoms with Gasteiger partial charge in [0.15, 0.2) is 14.7 Å². The van der Waals surface area contributed by atoms with E-state index in [1.165, 1.54) is 0 Å². The van der Waals surface area contributed by atoms with Crippen molar-refractivity contribution in [2.24, 2.45) is 0 Å². The number of nitrogen functional groups attached to an aromatic ring is 1. The predicted molar refractivity (Wildman–Crippen MR) is 509 cm³/mol. The van der Waals surface area contributed by atoms with Gasteiger partial charge in [-0.3, -0.25) is 19.3 Å². The number of hydrogen-bond acceptors (Lipinski definition) is 19. The first-order valence-electron chi connectivity index (χ1n) is 43.1. The maximum absolute atomic E-state index is 13.0. The first-order valence-corrected chi connectivity index (χ1v) is 44.9. The summed E-state index contributed by atoms with van der Waals surface area (Å²) in [5.74, 6) is -1.73. The second kappa shape index (κ2) is 44.3. The number of rotatable bonds is 23. The molecule has 0 aromatic heterocycles. The number of morpholine rings is 3. The van der Waals surface area contributed by atoms with Gasteiger partial charge in [0.1, 0.15) is 5.69 Å². The van der Waals surface area contributed by atoms with Gasteiger partial charge in [0.25, 0.3) is 23.4 Å². The molecule has 4 heterocycles. The Balaban J connectivity index is 0.000000153. The van der Waals surface area contributed by atoms with Crippen molar-refractivity contribution >= 4 is 96.7 Å². The van der Waals surface area contributed by atoms with Crippen LogP contribution in [0.15, 0.2) is 267 Å². The van der Waals surface area contributed by atoms with Gasteiger partial charge in [0.2, 0.25) is 0 Å². The molecule has 26 heteroatoms. The molecule has 0 atom stereocenters. The molecule has 4 aliphatic rings. The second-order valence-corrected chi connectivity index (χ2v) is 33.8. The number of aryl methyl sites for hydroxylation is 4. The van der Waals surface area contributed by atoms with Crippen LogP contribution in [0.4, 0.5) is 51.2 Å². The fourth-order valence-corrected chi connectivity index (χ4v) is 16.4. The summed E-state index contributed by atoms with van der Waals surface area (Å²) >= 11 is 0. The molecule has 3 amide bonds. The topological polar surface area (TPSA) is 310 Å². The van der Waals surface area contributed by atoms with E-state index in [-0.39, 0.29) is 46.7 Å². The van der Waals surface area contributed by atoms with Gasteiger partial charge in [-0.05, 0) is 284 Å². The highest BCUT2D eigenvalue weighted by Gasteiger charge is 2.24. The molecule has 129 heavy (non-hydrogen) atoms. The number of carboxylic acid groups (broad SMARTS) is 1. The normalized spacial score (nSPS) is 14.1. The second-order valence-electron chi connectivity index (χ2n) is 31.5. The minimum Gasteiger partial charge on any atom is -0.478 e. The SMILES string of the molecule is CCOC(=O)c1ccc(-c2cc(N)ccc2C)cc1.CCOC(=O)c1ccc(-c2cc(NC(=O)c3ccc(N4CCOCC4)cc3)ccc2C)cc1.Cc1ccc(NC(=O)c2ccc(N3CCOCC3)cc2)cc1-c1ccc(C(=O)O)cc1.Cc1ccc(N[N+](=O)c2ccc(N3CCOCC3)cc2)cc1-c1ccc(C(=O)Nc2ccc(CN3CCS(=O)(=O)CC3)cc2)cc1. The summed E-state index contributed by atoms with van der Waals surface area (Å²) in [6, 6.07) is 82.3. The number of anilines is 8. The van der Waals surface area contributed by atoms with E-state index in [0.29, 0.717) is 102 Å². The Morgan fingerprint density at radius 2 is 0.690 bits per heavy atom. The van der Waals surface area contributed by atoms with Gasteiger partial charge in [-0.15, -0.1) is 5.43 Å². The lowest BCUT2D eigenvalue weighted by Gasteiger charge is -2.28. The highest BCUT2D eigenvalue weighted by molar-refractivity contribution is 7.91. The fraction of sp³-hybridized carbons (Fsp3) is 0.243. The third-order valence-corrected chi connectivity index (χ3v) is 24.2. The standard InChI is InChI=1S/C35H37N5O5S.C27H28N2O4.C25H24N2O4.C16H17NO2/c1-26-2-9-31(37-40(42)33-14-12-32(13-15-33)39-16-20-45-21-17-39)24-34(26)28-5-7-29(8-6-28)35(41)36-30-10-3-27(4-11-30)25-38-18-22-46(43,44)23-19-38;1-3-33-27(31)22-7-5-20(6-8-22)25-18-23(11-4-19(25)2)28-26(30)21-9-12-24(13-10-21)29-14-16-32-17-15-29;1-17-2-9-21(16-23(17)18-3-5-20(6-4-18)25(29)30)26-24(28)19-7-10-22(11-8-19)27-12-14-31-15-13-27;1-3-19-16(18)13-7-5-12(6-8-13)15-10-14(17)9-4-11(15)2/h2-15,24H,16-23,25H2,1H3,(H-,36,37,41,42);4-13,18H,3,14-17H2,1-2H3,(H,28,30);2-11,16H,12-15H2,1H3,(H,26,28)(H,29,30);4-10H,3,17H2,1-2H3/p+1. The lowest BCUT2D eigenvalue weighted by Crippen LogP contribution is -2.39. The molecule has 0 saturated carbocycles. The molecular formula is C103H107N10O15S+. The van der Waals surface area contributed by atoms with Crippen LogP contribution in [0.2, 0.25) is 0 Å². The summed E-state index contributed by atoms with van der Waals surface area (Å²) in [5.41, 5.74) is 32.2. The van der Waals surface area contributed by atoms with Gasteiger partial charge in [-0.1, -0.05) is 84.9 Å². The average Bonchev–Trinajstić information content (AvgIpc) is 0.827. The number of aromatic carboxylic acids is 1. The monoisotopic (exact) mass is 1760 g/mol. The molecule has 0 bridgehead atoms. The molecule has 4 saturated heterocycles. The van der Waals surface area contributed by atoms with Gasteiger partial charge in [0.05, 0.1) is 86.0 Å². The number of nitroso groups, excluding NO2 is 1. The van der Waals surface area contributed by atoms with Crippen LogP contribution in [-0.2, 0) is 40.1 Å². The molecule has 12 aromatic carbocycles. The van der Waals surface area contributed by atoms with E-state index in [0.717, 1.165) is 166 Å². The Hall–Kier alpha value is -14.2. The molecule has 4 fully saturated rings. The molecule has 7 N–H and O–H groups in total. The van der Waals surface area contributed by atoms with Gasteiger partial charge in [-0.2, -0.15) is 0 Å². The lowest BCUT2D eigenvalue weighted by molar-refractivity contribution is -0.427. The zero-order valence-electron chi connectivity index (χ0n) is 73.2.